The molecule has 1 aliphatic heterocycles. The topological polar surface area (TPSA) is 96.5 Å². The zero-order valence-corrected chi connectivity index (χ0v) is 10.9. The van der Waals surface area contributed by atoms with Gasteiger partial charge in [-0.25, -0.2) is 18.5 Å². The largest absolute Gasteiger partial charge is 0.391 e. The summed E-state index contributed by atoms with van der Waals surface area (Å²) < 4.78 is 22.0. The monoisotopic (exact) mass is 277 g/mol. The Hall–Kier alpha value is -0.830. The summed E-state index contributed by atoms with van der Waals surface area (Å²) in [7, 11) is -3.68. The summed E-state index contributed by atoms with van der Waals surface area (Å²) in [5.41, 5.74) is 0. The van der Waals surface area contributed by atoms with Gasteiger partial charge in [0.2, 0.25) is 10.0 Å². The van der Waals surface area contributed by atoms with Crippen molar-refractivity contribution in [3.63, 3.8) is 0 Å². The fraction of sp³-hybridized carbons (Fsp3) is 0.444. The Morgan fingerprint density at radius 2 is 2.18 bits per heavy atom. The van der Waals surface area contributed by atoms with E-state index in [1.165, 1.54) is 12.3 Å². The van der Waals surface area contributed by atoms with E-state index < -0.39 is 10.0 Å². The first-order valence-corrected chi connectivity index (χ1v) is 6.43. The zero-order valence-electron chi connectivity index (χ0n) is 9.07. The van der Waals surface area contributed by atoms with Gasteiger partial charge in [-0.15, -0.1) is 0 Å². The molecule has 0 spiro atoms. The number of aliphatic hydroxyl groups is 1. The van der Waals surface area contributed by atoms with Crippen molar-refractivity contribution in [2.24, 2.45) is 5.14 Å². The van der Waals surface area contributed by atoms with Crippen LogP contribution in [0.3, 0.4) is 0 Å². The van der Waals surface area contributed by atoms with E-state index in [9.17, 15) is 13.5 Å². The van der Waals surface area contributed by atoms with Gasteiger partial charge in [-0.3, -0.25) is 0 Å². The van der Waals surface area contributed by atoms with Crippen molar-refractivity contribution in [1.82, 2.24) is 4.98 Å². The molecule has 0 saturated carbocycles. The minimum Gasteiger partial charge on any atom is -0.391 e. The van der Waals surface area contributed by atoms with Crippen molar-refractivity contribution in [3.8, 4) is 0 Å². The van der Waals surface area contributed by atoms with Gasteiger partial charge in [0.25, 0.3) is 0 Å². The second kappa shape index (κ2) is 5.21. The van der Waals surface area contributed by atoms with Gasteiger partial charge in [0, 0.05) is 19.3 Å². The normalized spacial score (nSPS) is 20.1. The van der Waals surface area contributed by atoms with Crippen molar-refractivity contribution >= 4 is 29.3 Å². The molecule has 2 heterocycles. The first kappa shape index (κ1) is 14.2. The number of aromatic nitrogens is 1. The SMILES string of the molecule is NS(=O)(=O)c1ccc(N2CC[C@H](O)C2)nc1.S. The number of pyridine rings is 1. The maximum absolute atomic E-state index is 11.0. The van der Waals surface area contributed by atoms with Crippen LogP contribution >= 0.6 is 13.5 Å². The van der Waals surface area contributed by atoms with Crippen LogP contribution in [0.1, 0.15) is 6.42 Å². The lowest BCUT2D eigenvalue weighted by atomic mass is 10.3. The number of hydrogen-bond donors (Lipinski definition) is 2. The average Bonchev–Trinajstić information content (AvgIpc) is 2.64. The van der Waals surface area contributed by atoms with Crippen LogP contribution in [0.15, 0.2) is 23.2 Å². The highest BCUT2D eigenvalue weighted by atomic mass is 32.2. The van der Waals surface area contributed by atoms with E-state index in [2.05, 4.69) is 4.98 Å². The summed E-state index contributed by atoms with van der Waals surface area (Å²) in [5, 5.41) is 14.3. The molecule has 1 atom stereocenters. The van der Waals surface area contributed by atoms with Gasteiger partial charge in [-0.1, -0.05) is 0 Å². The van der Waals surface area contributed by atoms with E-state index in [1.54, 1.807) is 6.07 Å². The van der Waals surface area contributed by atoms with Crippen LogP contribution in [0.2, 0.25) is 0 Å². The van der Waals surface area contributed by atoms with Gasteiger partial charge in [0.15, 0.2) is 0 Å². The number of anilines is 1. The minimum atomic E-state index is -3.68. The molecule has 0 aromatic carbocycles. The quantitative estimate of drug-likeness (QED) is 0.753. The number of aliphatic hydroxyl groups excluding tert-OH is 1. The second-order valence-corrected chi connectivity index (χ2v) is 5.35. The third kappa shape index (κ3) is 3.32. The van der Waals surface area contributed by atoms with Crippen molar-refractivity contribution in [1.29, 1.82) is 0 Å². The number of sulfonamides is 1. The summed E-state index contributed by atoms with van der Waals surface area (Å²) in [4.78, 5) is 5.91. The molecule has 17 heavy (non-hydrogen) atoms. The van der Waals surface area contributed by atoms with Crippen molar-refractivity contribution in [2.75, 3.05) is 18.0 Å². The van der Waals surface area contributed by atoms with E-state index in [0.717, 1.165) is 6.54 Å². The maximum atomic E-state index is 11.0. The molecule has 6 nitrogen and oxygen atoms in total. The fourth-order valence-corrected chi connectivity index (χ4v) is 2.14. The molecule has 0 amide bonds. The van der Waals surface area contributed by atoms with Crippen molar-refractivity contribution in [2.45, 2.75) is 17.4 Å². The molecule has 1 aliphatic rings. The highest BCUT2D eigenvalue weighted by Gasteiger charge is 2.21. The molecule has 96 valence electrons. The van der Waals surface area contributed by atoms with Crippen molar-refractivity contribution < 1.29 is 13.5 Å². The molecule has 0 radical (unpaired) electrons. The number of nitrogens with two attached hydrogens (primary N) is 1. The number of nitrogens with zero attached hydrogens (tertiary/aromatic N) is 2. The fourth-order valence-electron chi connectivity index (χ4n) is 1.68. The Labute approximate surface area is 107 Å². The molecule has 8 heteroatoms. The molecule has 0 bridgehead atoms. The summed E-state index contributed by atoms with van der Waals surface area (Å²) in [6.45, 7) is 1.25. The average molecular weight is 277 g/mol. The molecule has 1 fully saturated rings. The van der Waals surface area contributed by atoms with Gasteiger partial charge < -0.3 is 10.0 Å². The first-order valence-electron chi connectivity index (χ1n) is 4.89. The third-order valence-corrected chi connectivity index (χ3v) is 3.44. The molecule has 1 saturated heterocycles. The van der Waals surface area contributed by atoms with Gasteiger partial charge >= 0.3 is 0 Å². The molecule has 2 rings (SSSR count). The van der Waals surface area contributed by atoms with E-state index >= 15 is 0 Å². The Morgan fingerprint density at radius 3 is 2.59 bits per heavy atom. The van der Waals surface area contributed by atoms with Crippen LogP contribution in [-0.2, 0) is 10.0 Å². The van der Waals surface area contributed by atoms with Crippen LogP contribution in [0.4, 0.5) is 5.82 Å². The summed E-state index contributed by atoms with van der Waals surface area (Å²) in [6.07, 6.45) is 1.60. The first-order chi connectivity index (χ1) is 7.47. The van der Waals surface area contributed by atoms with Gasteiger partial charge in [-0.05, 0) is 18.6 Å². The predicted octanol–water partition coefficient (Wildman–Crippen LogP) is -0.587. The van der Waals surface area contributed by atoms with Crippen LogP contribution in [-0.4, -0.2) is 37.7 Å². The van der Waals surface area contributed by atoms with E-state index in [4.69, 9.17) is 5.14 Å². The Balaban J connectivity index is 0.00000144. The van der Waals surface area contributed by atoms with Gasteiger partial charge in [0.1, 0.15) is 10.7 Å². The minimum absolute atomic E-state index is 0. The third-order valence-electron chi connectivity index (χ3n) is 2.54. The molecule has 3 N–H and O–H groups in total. The summed E-state index contributed by atoms with van der Waals surface area (Å²) in [6, 6.07) is 3.01. The van der Waals surface area contributed by atoms with Crippen molar-refractivity contribution in [3.05, 3.63) is 18.3 Å². The van der Waals surface area contributed by atoms with Crippen LogP contribution in [0.5, 0.6) is 0 Å². The van der Waals surface area contributed by atoms with Crippen LogP contribution in [0.25, 0.3) is 0 Å². The highest BCUT2D eigenvalue weighted by Crippen LogP contribution is 2.18. The number of β-amino-alcohol motifs (C(OH)–C–C–N with tert-alkyl or cyclic N) is 1. The molecule has 1 aromatic rings. The summed E-state index contributed by atoms with van der Waals surface area (Å²) >= 11 is 0. The van der Waals surface area contributed by atoms with Crippen LogP contribution in [0, 0.1) is 0 Å². The lowest BCUT2D eigenvalue weighted by Gasteiger charge is -2.16. The molecule has 0 aliphatic carbocycles. The van der Waals surface area contributed by atoms with Crippen LogP contribution < -0.4 is 10.0 Å². The smallest absolute Gasteiger partial charge is 0.239 e. The molecular formula is C9H15N3O3S2. The van der Waals surface area contributed by atoms with E-state index in [1.807, 2.05) is 4.90 Å². The standard InChI is InChI=1S/C9H13N3O3S.H2S/c10-16(14,15)8-1-2-9(11-5-8)12-4-3-7(13)6-12;/h1-2,5,7,13H,3-4,6H2,(H2,10,14,15);1H2/t7-;/m0./s1. The Bertz CT molecular complexity index is 475. The molecular weight excluding hydrogens is 262 g/mol. The number of hydrogen-bond acceptors (Lipinski definition) is 5. The van der Waals surface area contributed by atoms with Gasteiger partial charge in [-0.2, -0.15) is 13.5 Å². The number of rotatable bonds is 2. The highest BCUT2D eigenvalue weighted by molar-refractivity contribution is 7.89. The van der Waals surface area contributed by atoms with E-state index in [-0.39, 0.29) is 24.5 Å². The Kier molecular flexibility index (Phi) is 4.36. The molecule has 0 unspecified atom stereocenters. The van der Waals surface area contributed by atoms with Gasteiger partial charge in [0.05, 0.1) is 6.10 Å². The van der Waals surface area contributed by atoms with E-state index in [0.29, 0.717) is 18.8 Å². The summed E-state index contributed by atoms with van der Waals surface area (Å²) in [5.74, 6) is 0.656. The number of primary sulfonamides is 1. The lowest BCUT2D eigenvalue weighted by Crippen LogP contribution is -2.22. The zero-order chi connectivity index (χ0) is 11.8. The lowest BCUT2D eigenvalue weighted by molar-refractivity contribution is 0.198. The predicted molar refractivity (Wildman–Crippen MR) is 68.8 cm³/mol. The second-order valence-electron chi connectivity index (χ2n) is 3.79. The molecule has 1 aromatic heterocycles. The maximum Gasteiger partial charge on any atom is 0.239 e. The Morgan fingerprint density at radius 1 is 1.47 bits per heavy atom.